The summed E-state index contributed by atoms with van der Waals surface area (Å²) < 4.78 is 3.97. The number of aromatic nitrogens is 3. The van der Waals surface area contributed by atoms with E-state index in [9.17, 15) is 9.90 Å². The highest BCUT2D eigenvalue weighted by Gasteiger charge is 2.29. The van der Waals surface area contributed by atoms with Crippen molar-refractivity contribution in [3.05, 3.63) is 30.7 Å². The minimum Gasteiger partial charge on any atom is -0.480 e. The van der Waals surface area contributed by atoms with Crippen LogP contribution in [0.1, 0.15) is 13.8 Å². The van der Waals surface area contributed by atoms with Crippen LogP contribution in [0.25, 0.3) is 11.3 Å². The molecule has 0 aromatic carbocycles. The maximum Gasteiger partial charge on any atom is 0.319 e. The number of nitrogens with zero attached hydrogens (tertiary/aromatic N) is 3. The molecule has 0 fully saturated rings. The molecule has 0 spiro atoms. The second kappa shape index (κ2) is 6.09. The van der Waals surface area contributed by atoms with E-state index in [1.54, 1.807) is 38.5 Å². The Morgan fingerprint density at radius 1 is 1.29 bits per heavy atom. The van der Waals surface area contributed by atoms with E-state index >= 15 is 0 Å². The van der Waals surface area contributed by atoms with Gasteiger partial charge in [0.25, 0.3) is 0 Å². The molecular formula is C14H15N3O3S. The Balaban J connectivity index is 2.38. The van der Waals surface area contributed by atoms with Crippen molar-refractivity contribution in [2.75, 3.05) is 7.11 Å². The lowest BCUT2D eigenvalue weighted by molar-refractivity contribution is -0.138. The Labute approximate surface area is 126 Å². The van der Waals surface area contributed by atoms with E-state index in [4.69, 9.17) is 4.74 Å². The van der Waals surface area contributed by atoms with Gasteiger partial charge >= 0.3 is 12.0 Å². The van der Waals surface area contributed by atoms with Gasteiger partial charge in [0.15, 0.2) is 0 Å². The molecule has 7 heteroatoms. The van der Waals surface area contributed by atoms with Gasteiger partial charge in [0.2, 0.25) is 0 Å². The molecule has 0 amide bonds. The van der Waals surface area contributed by atoms with Crippen LogP contribution in [0.2, 0.25) is 0 Å². The lowest BCUT2D eigenvalue weighted by Gasteiger charge is -2.19. The van der Waals surface area contributed by atoms with Gasteiger partial charge in [-0.05, 0) is 26.0 Å². The summed E-state index contributed by atoms with van der Waals surface area (Å²) in [6.07, 6.45) is 4.86. The zero-order chi connectivity index (χ0) is 15.5. The number of pyridine rings is 1. The van der Waals surface area contributed by atoms with Crippen LogP contribution in [0, 0.1) is 0 Å². The van der Waals surface area contributed by atoms with E-state index < -0.39 is 10.7 Å². The molecule has 2 aromatic rings. The normalized spacial score (nSPS) is 11.2. The van der Waals surface area contributed by atoms with Crippen LogP contribution in [0.15, 0.2) is 35.6 Å². The molecule has 0 bridgehead atoms. The van der Waals surface area contributed by atoms with Crippen LogP contribution in [0.3, 0.4) is 0 Å². The van der Waals surface area contributed by atoms with Gasteiger partial charge in [-0.15, -0.1) is 11.8 Å². The van der Waals surface area contributed by atoms with E-state index in [-0.39, 0.29) is 6.01 Å². The van der Waals surface area contributed by atoms with Crippen LogP contribution in [0.5, 0.6) is 6.01 Å². The Morgan fingerprint density at radius 2 is 1.95 bits per heavy atom. The highest BCUT2D eigenvalue weighted by Crippen LogP contribution is 2.37. The van der Waals surface area contributed by atoms with Crippen molar-refractivity contribution in [3.63, 3.8) is 0 Å². The summed E-state index contributed by atoms with van der Waals surface area (Å²) >= 11 is 1.24. The molecule has 21 heavy (non-hydrogen) atoms. The lowest BCUT2D eigenvalue weighted by atomic mass is 10.2. The summed E-state index contributed by atoms with van der Waals surface area (Å²) in [6.45, 7) is 3.31. The van der Waals surface area contributed by atoms with Gasteiger partial charge in [-0.25, -0.2) is 9.97 Å². The van der Waals surface area contributed by atoms with Crippen molar-refractivity contribution in [2.24, 2.45) is 0 Å². The smallest absolute Gasteiger partial charge is 0.319 e. The largest absolute Gasteiger partial charge is 0.480 e. The molecule has 0 aliphatic rings. The number of hydrogen-bond acceptors (Lipinski definition) is 6. The fourth-order valence-electron chi connectivity index (χ4n) is 1.55. The number of carbonyl (C=O) groups is 1. The molecule has 0 saturated carbocycles. The van der Waals surface area contributed by atoms with Gasteiger partial charge in [-0.1, -0.05) is 0 Å². The van der Waals surface area contributed by atoms with Gasteiger partial charge in [-0.3, -0.25) is 9.78 Å². The van der Waals surface area contributed by atoms with Crippen molar-refractivity contribution in [3.8, 4) is 17.3 Å². The molecule has 2 heterocycles. The number of carboxylic acid groups (broad SMARTS) is 1. The third-order valence-corrected chi connectivity index (χ3v) is 3.97. The topological polar surface area (TPSA) is 85.2 Å². The third-order valence-electron chi connectivity index (χ3n) is 2.74. The van der Waals surface area contributed by atoms with Gasteiger partial charge in [-0.2, -0.15) is 0 Å². The number of rotatable bonds is 5. The van der Waals surface area contributed by atoms with Gasteiger partial charge in [0, 0.05) is 29.0 Å². The van der Waals surface area contributed by atoms with Crippen LogP contribution in [-0.2, 0) is 4.79 Å². The molecule has 0 aliphatic heterocycles. The summed E-state index contributed by atoms with van der Waals surface area (Å²) in [5.74, 6) is -0.881. The number of carboxylic acids is 1. The number of aliphatic carboxylic acids is 1. The van der Waals surface area contributed by atoms with E-state index in [0.717, 1.165) is 4.90 Å². The molecule has 110 valence electrons. The highest BCUT2D eigenvalue weighted by molar-refractivity contribution is 8.01. The number of hydrogen-bond donors (Lipinski definition) is 1. The zero-order valence-electron chi connectivity index (χ0n) is 11.9. The van der Waals surface area contributed by atoms with Crippen molar-refractivity contribution >= 4 is 17.7 Å². The molecule has 2 aromatic heterocycles. The zero-order valence-corrected chi connectivity index (χ0v) is 12.7. The Kier molecular flexibility index (Phi) is 4.42. The van der Waals surface area contributed by atoms with Crippen LogP contribution in [0.4, 0.5) is 0 Å². The maximum absolute atomic E-state index is 11.3. The maximum atomic E-state index is 11.3. The first-order valence-electron chi connectivity index (χ1n) is 6.18. The predicted molar refractivity (Wildman–Crippen MR) is 79.4 cm³/mol. The van der Waals surface area contributed by atoms with E-state index in [1.807, 2.05) is 6.07 Å². The summed E-state index contributed by atoms with van der Waals surface area (Å²) in [6, 6.07) is 3.88. The Bertz CT molecular complexity index is 644. The van der Waals surface area contributed by atoms with Crippen molar-refractivity contribution in [1.82, 2.24) is 15.0 Å². The molecule has 0 unspecified atom stereocenters. The monoisotopic (exact) mass is 305 g/mol. The molecule has 0 saturated heterocycles. The quantitative estimate of drug-likeness (QED) is 0.849. The Morgan fingerprint density at radius 3 is 2.52 bits per heavy atom. The molecule has 6 nitrogen and oxygen atoms in total. The first-order valence-corrected chi connectivity index (χ1v) is 6.99. The summed E-state index contributed by atoms with van der Waals surface area (Å²) in [5, 5.41) is 9.25. The molecule has 2 rings (SSSR count). The lowest BCUT2D eigenvalue weighted by Crippen LogP contribution is -2.27. The van der Waals surface area contributed by atoms with Crippen LogP contribution >= 0.6 is 11.8 Å². The van der Waals surface area contributed by atoms with Gasteiger partial charge < -0.3 is 9.84 Å². The van der Waals surface area contributed by atoms with E-state index in [0.29, 0.717) is 11.3 Å². The van der Waals surface area contributed by atoms with Crippen LogP contribution < -0.4 is 4.74 Å². The second-order valence-corrected chi connectivity index (χ2v) is 6.39. The Hall–Kier alpha value is -2.15. The molecule has 0 radical (unpaired) electrons. The van der Waals surface area contributed by atoms with Crippen molar-refractivity contribution < 1.29 is 14.6 Å². The first kappa shape index (κ1) is 15.2. The number of thioether (sulfide) groups is 1. The fraction of sp³-hybridized carbons (Fsp3) is 0.286. The molecule has 1 N–H and O–H groups in total. The summed E-state index contributed by atoms with van der Waals surface area (Å²) in [4.78, 5) is 24.4. The average molecular weight is 305 g/mol. The molecule has 0 aliphatic carbocycles. The van der Waals surface area contributed by atoms with Gasteiger partial charge in [0.05, 0.1) is 12.8 Å². The number of ether oxygens (including phenoxy) is 1. The highest BCUT2D eigenvalue weighted by atomic mass is 32.2. The SMILES string of the molecule is COc1ncc(-c2ncccc2SC(C)(C)C(=O)O)cn1. The predicted octanol–water partition coefficient (Wildman–Crippen LogP) is 2.50. The van der Waals surface area contributed by atoms with Crippen molar-refractivity contribution in [1.29, 1.82) is 0 Å². The fourth-order valence-corrected chi connectivity index (χ4v) is 2.60. The minimum atomic E-state index is -0.953. The summed E-state index contributed by atoms with van der Waals surface area (Å²) in [7, 11) is 1.49. The van der Waals surface area contributed by atoms with Gasteiger partial charge in [0.1, 0.15) is 4.75 Å². The minimum absolute atomic E-state index is 0.273. The standard InChI is InChI=1S/C14H15N3O3S/c1-14(2,12(18)19)21-10-5-4-6-15-11(10)9-7-16-13(20-3)17-8-9/h4-8H,1-3H3,(H,18,19). The summed E-state index contributed by atoms with van der Waals surface area (Å²) in [5.41, 5.74) is 1.36. The second-order valence-electron chi connectivity index (χ2n) is 4.73. The van der Waals surface area contributed by atoms with E-state index in [2.05, 4.69) is 15.0 Å². The van der Waals surface area contributed by atoms with E-state index in [1.165, 1.54) is 18.9 Å². The molecule has 0 atom stereocenters. The third kappa shape index (κ3) is 3.49. The number of methoxy groups -OCH3 is 1. The average Bonchev–Trinajstić information content (AvgIpc) is 2.47. The van der Waals surface area contributed by atoms with Crippen LogP contribution in [-0.4, -0.2) is 37.9 Å². The molecular weight excluding hydrogens is 290 g/mol. The first-order chi connectivity index (χ1) is 9.94. The van der Waals surface area contributed by atoms with Crippen molar-refractivity contribution in [2.45, 2.75) is 23.5 Å².